The summed E-state index contributed by atoms with van der Waals surface area (Å²) in [5, 5.41) is 0. The van der Waals surface area contributed by atoms with Crippen molar-refractivity contribution in [3.8, 4) is 5.75 Å². The predicted molar refractivity (Wildman–Crippen MR) is 70.3 cm³/mol. The maximum atomic E-state index is 12.5. The zero-order chi connectivity index (χ0) is 12.5. The summed E-state index contributed by atoms with van der Waals surface area (Å²) in [5.74, 6) is 0.938. The molecule has 0 aliphatic heterocycles. The quantitative estimate of drug-likeness (QED) is 0.763. The van der Waals surface area contributed by atoms with Gasteiger partial charge in [-0.1, -0.05) is 24.3 Å². The summed E-state index contributed by atoms with van der Waals surface area (Å²) in [7, 11) is 1.65. The van der Waals surface area contributed by atoms with Crippen LogP contribution in [-0.4, -0.2) is 12.9 Å². The highest BCUT2D eigenvalue weighted by Gasteiger charge is 2.20. The summed E-state index contributed by atoms with van der Waals surface area (Å²) in [6.07, 6.45) is 1.79. The van der Waals surface area contributed by atoms with E-state index in [1.54, 1.807) is 7.11 Å². The van der Waals surface area contributed by atoms with Crippen LogP contribution in [0.15, 0.2) is 42.5 Å². The molecule has 18 heavy (non-hydrogen) atoms. The Bertz CT molecular complexity index is 614. The zero-order valence-corrected chi connectivity index (χ0v) is 10.3. The van der Waals surface area contributed by atoms with Gasteiger partial charge in [-0.05, 0) is 42.2 Å². The molecule has 0 heterocycles. The lowest BCUT2D eigenvalue weighted by molar-refractivity contribution is 0.103. The van der Waals surface area contributed by atoms with Gasteiger partial charge in [0.25, 0.3) is 0 Å². The van der Waals surface area contributed by atoms with E-state index in [0.717, 1.165) is 40.8 Å². The van der Waals surface area contributed by atoms with Gasteiger partial charge in [-0.25, -0.2) is 0 Å². The largest absolute Gasteiger partial charge is 0.497 e. The van der Waals surface area contributed by atoms with E-state index >= 15 is 0 Å². The molecule has 0 saturated heterocycles. The molecule has 0 amide bonds. The molecular formula is C16H14O2. The monoisotopic (exact) mass is 238 g/mol. The number of methoxy groups -OCH3 is 1. The molecule has 1 aliphatic carbocycles. The number of hydrogen-bond acceptors (Lipinski definition) is 2. The second-order valence-corrected chi connectivity index (χ2v) is 4.51. The molecule has 1 aliphatic rings. The van der Waals surface area contributed by atoms with Crippen LogP contribution in [0, 0.1) is 0 Å². The number of aryl methyl sites for hydroxylation is 2. The average Bonchev–Trinajstić information content (AvgIpc) is 2.57. The molecule has 0 bridgehead atoms. The number of ether oxygens (including phenoxy) is 1. The lowest BCUT2D eigenvalue weighted by Crippen LogP contribution is -2.04. The first kappa shape index (κ1) is 11.0. The Morgan fingerprint density at radius 3 is 2.50 bits per heavy atom. The molecule has 0 spiro atoms. The third kappa shape index (κ3) is 1.70. The van der Waals surface area contributed by atoms with E-state index in [0.29, 0.717) is 0 Å². The molecule has 0 saturated carbocycles. The molecule has 2 aromatic rings. The number of ketones is 1. The normalized spacial score (nSPS) is 13.5. The van der Waals surface area contributed by atoms with Crippen LogP contribution in [0.25, 0.3) is 0 Å². The van der Waals surface area contributed by atoms with E-state index in [9.17, 15) is 4.79 Å². The Labute approximate surface area is 106 Å². The van der Waals surface area contributed by atoms with Gasteiger partial charge in [0.15, 0.2) is 5.78 Å². The maximum Gasteiger partial charge on any atom is 0.193 e. The van der Waals surface area contributed by atoms with Crippen LogP contribution in [0.1, 0.15) is 27.0 Å². The molecule has 0 fully saturated rings. The Kier molecular flexibility index (Phi) is 2.63. The summed E-state index contributed by atoms with van der Waals surface area (Å²) in [6.45, 7) is 0. The van der Waals surface area contributed by atoms with Crippen LogP contribution in [0.3, 0.4) is 0 Å². The third-order valence-electron chi connectivity index (χ3n) is 3.48. The Balaban J connectivity index is 2.15. The van der Waals surface area contributed by atoms with E-state index in [1.807, 2.05) is 42.5 Å². The Morgan fingerprint density at radius 1 is 0.944 bits per heavy atom. The van der Waals surface area contributed by atoms with Crippen molar-refractivity contribution in [1.29, 1.82) is 0 Å². The fourth-order valence-electron chi connectivity index (χ4n) is 2.50. The summed E-state index contributed by atoms with van der Waals surface area (Å²) in [5.41, 5.74) is 3.86. The summed E-state index contributed by atoms with van der Waals surface area (Å²) in [4.78, 5) is 12.5. The summed E-state index contributed by atoms with van der Waals surface area (Å²) < 4.78 is 5.22. The second kappa shape index (κ2) is 4.30. The molecule has 90 valence electrons. The van der Waals surface area contributed by atoms with Crippen molar-refractivity contribution in [3.05, 3.63) is 64.7 Å². The highest BCUT2D eigenvalue weighted by Crippen LogP contribution is 2.27. The summed E-state index contributed by atoms with van der Waals surface area (Å²) >= 11 is 0. The van der Waals surface area contributed by atoms with Gasteiger partial charge in [0.1, 0.15) is 5.75 Å². The van der Waals surface area contributed by atoms with Gasteiger partial charge in [0.05, 0.1) is 7.11 Å². The number of benzene rings is 2. The molecule has 0 radical (unpaired) electrons. The van der Waals surface area contributed by atoms with Crippen molar-refractivity contribution in [2.24, 2.45) is 0 Å². The molecule has 2 heteroatoms. The fourth-order valence-corrected chi connectivity index (χ4v) is 2.50. The van der Waals surface area contributed by atoms with Crippen molar-refractivity contribution in [2.75, 3.05) is 7.11 Å². The van der Waals surface area contributed by atoms with E-state index in [2.05, 4.69) is 0 Å². The lowest BCUT2D eigenvalue weighted by Gasteiger charge is -2.07. The molecule has 0 unspecified atom stereocenters. The average molecular weight is 238 g/mol. The van der Waals surface area contributed by atoms with E-state index < -0.39 is 0 Å². The number of hydrogen-bond donors (Lipinski definition) is 0. The Morgan fingerprint density at radius 2 is 1.67 bits per heavy atom. The molecule has 0 atom stereocenters. The van der Waals surface area contributed by atoms with Gasteiger partial charge in [-0.2, -0.15) is 0 Å². The minimum absolute atomic E-state index is 0.126. The van der Waals surface area contributed by atoms with E-state index in [4.69, 9.17) is 4.74 Å². The number of carbonyl (C=O) groups is 1. The summed E-state index contributed by atoms with van der Waals surface area (Å²) in [6, 6.07) is 13.6. The van der Waals surface area contributed by atoms with Crippen LogP contribution in [-0.2, 0) is 12.8 Å². The van der Waals surface area contributed by atoms with Gasteiger partial charge < -0.3 is 4.74 Å². The fraction of sp³-hybridized carbons (Fsp3) is 0.188. The molecular weight excluding hydrogens is 224 g/mol. The topological polar surface area (TPSA) is 26.3 Å². The van der Waals surface area contributed by atoms with Crippen LogP contribution >= 0.6 is 0 Å². The first-order chi connectivity index (χ1) is 8.79. The minimum atomic E-state index is 0.126. The Hall–Kier alpha value is -2.09. The van der Waals surface area contributed by atoms with Crippen molar-refractivity contribution in [1.82, 2.24) is 0 Å². The second-order valence-electron chi connectivity index (χ2n) is 4.51. The zero-order valence-electron chi connectivity index (χ0n) is 10.3. The van der Waals surface area contributed by atoms with Gasteiger partial charge in [-0.3, -0.25) is 4.79 Å². The predicted octanol–water partition coefficient (Wildman–Crippen LogP) is 3.02. The standard InChI is InChI=1S/C16H14O2/c1-18-13-8-9-15-12(10-13)7-6-11-4-2-3-5-14(11)16(15)17/h2-5,8-10H,6-7H2,1H3. The third-order valence-corrected chi connectivity index (χ3v) is 3.48. The van der Waals surface area contributed by atoms with E-state index in [1.165, 1.54) is 0 Å². The van der Waals surface area contributed by atoms with Crippen molar-refractivity contribution in [3.63, 3.8) is 0 Å². The van der Waals surface area contributed by atoms with Gasteiger partial charge in [0, 0.05) is 11.1 Å². The number of rotatable bonds is 1. The van der Waals surface area contributed by atoms with Gasteiger partial charge in [-0.15, -0.1) is 0 Å². The highest BCUT2D eigenvalue weighted by atomic mass is 16.5. The van der Waals surface area contributed by atoms with Crippen molar-refractivity contribution < 1.29 is 9.53 Å². The molecule has 2 aromatic carbocycles. The number of carbonyl (C=O) groups excluding carboxylic acids is 1. The molecule has 0 N–H and O–H groups in total. The van der Waals surface area contributed by atoms with Crippen LogP contribution in [0.2, 0.25) is 0 Å². The first-order valence-corrected chi connectivity index (χ1v) is 6.09. The van der Waals surface area contributed by atoms with Crippen LogP contribution in [0.4, 0.5) is 0 Å². The van der Waals surface area contributed by atoms with Gasteiger partial charge in [0.2, 0.25) is 0 Å². The number of fused-ring (bicyclic) bond motifs is 2. The van der Waals surface area contributed by atoms with Gasteiger partial charge >= 0.3 is 0 Å². The highest BCUT2D eigenvalue weighted by molar-refractivity contribution is 6.11. The molecule has 3 rings (SSSR count). The first-order valence-electron chi connectivity index (χ1n) is 6.09. The van der Waals surface area contributed by atoms with Crippen LogP contribution < -0.4 is 4.74 Å². The lowest BCUT2D eigenvalue weighted by atomic mass is 9.99. The van der Waals surface area contributed by atoms with Crippen molar-refractivity contribution >= 4 is 5.78 Å². The maximum absolute atomic E-state index is 12.5. The molecule has 2 nitrogen and oxygen atoms in total. The van der Waals surface area contributed by atoms with Crippen LogP contribution in [0.5, 0.6) is 5.75 Å². The smallest absolute Gasteiger partial charge is 0.193 e. The minimum Gasteiger partial charge on any atom is -0.497 e. The van der Waals surface area contributed by atoms with Crippen molar-refractivity contribution in [2.45, 2.75) is 12.8 Å². The SMILES string of the molecule is COc1ccc2c(c1)CCc1ccccc1C2=O. The molecule has 0 aromatic heterocycles. The van der Waals surface area contributed by atoms with E-state index in [-0.39, 0.29) is 5.78 Å².